The van der Waals surface area contributed by atoms with Crippen molar-refractivity contribution in [3.63, 3.8) is 0 Å². The van der Waals surface area contributed by atoms with Crippen molar-refractivity contribution in [2.45, 2.75) is 52.0 Å². The summed E-state index contributed by atoms with van der Waals surface area (Å²) in [7, 11) is 0. The summed E-state index contributed by atoms with van der Waals surface area (Å²) in [5, 5.41) is 0. The van der Waals surface area contributed by atoms with Crippen LogP contribution in [-0.2, 0) is 0 Å². The molecule has 1 N–H and O–H groups in total. The van der Waals surface area contributed by atoms with Gasteiger partial charge in [-0.2, -0.15) is 0 Å². The lowest BCUT2D eigenvalue weighted by Gasteiger charge is -2.15. The molecule has 3 heteroatoms. The molecule has 2 nitrogen and oxygen atoms in total. The Labute approximate surface area is 96.7 Å². The zero-order valence-electron chi connectivity index (χ0n) is 9.62. The van der Waals surface area contributed by atoms with Crippen molar-refractivity contribution in [2.75, 3.05) is 0 Å². The number of rotatable bonds is 1. The van der Waals surface area contributed by atoms with E-state index in [9.17, 15) is 0 Å². The van der Waals surface area contributed by atoms with E-state index in [1.807, 2.05) is 0 Å². The first kappa shape index (κ1) is 10.9. The van der Waals surface area contributed by atoms with Crippen molar-refractivity contribution >= 4 is 12.2 Å². The summed E-state index contributed by atoms with van der Waals surface area (Å²) in [5.74, 6) is 0.893. The van der Waals surface area contributed by atoms with Crippen LogP contribution in [0.3, 0.4) is 0 Å². The Bertz CT molecular complexity index is 377. The minimum absolute atomic E-state index is 0.632. The molecule has 0 bridgehead atoms. The largest absolute Gasteiger partial charge is 0.335 e. The molecule has 1 fully saturated rings. The maximum atomic E-state index is 5.33. The Morgan fingerprint density at radius 1 is 1.33 bits per heavy atom. The number of imidazole rings is 1. The molecule has 0 aromatic carbocycles. The van der Waals surface area contributed by atoms with Crippen LogP contribution in [0.5, 0.6) is 0 Å². The molecule has 0 spiro atoms. The van der Waals surface area contributed by atoms with Gasteiger partial charge in [0.05, 0.1) is 0 Å². The van der Waals surface area contributed by atoms with E-state index >= 15 is 0 Å². The number of nitrogens with zero attached hydrogens (tertiary/aromatic N) is 1. The molecule has 0 aliphatic heterocycles. The van der Waals surface area contributed by atoms with Gasteiger partial charge in [0.1, 0.15) is 0 Å². The van der Waals surface area contributed by atoms with Crippen LogP contribution in [0.15, 0.2) is 6.20 Å². The van der Waals surface area contributed by atoms with Crippen molar-refractivity contribution in [1.82, 2.24) is 9.55 Å². The summed E-state index contributed by atoms with van der Waals surface area (Å²) in [5.41, 5.74) is 1.18. The van der Waals surface area contributed by atoms with E-state index in [0.29, 0.717) is 6.04 Å². The first-order valence-corrected chi connectivity index (χ1v) is 6.35. The van der Waals surface area contributed by atoms with Crippen LogP contribution in [0, 0.1) is 17.6 Å². The highest BCUT2D eigenvalue weighted by molar-refractivity contribution is 7.71. The van der Waals surface area contributed by atoms with E-state index in [0.717, 1.165) is 10.7 Å². The molecule has 15 heavy (non-hydrogen) atoms. The predicted octanol–water partition coefficient (Wildman–Crippen LogP) is 4.00. The minimum atomic E-state index is 0.632. The van der Waals surface area contributed by atoms with Crippen molar-refractivity contribution in [3.05, 3.63) is 16.7 Å². The van der Waals surface area contributed by atoms with Gasteiger partial charge >= 0.3 is 0 Å². The number of hydrogen-bond donors (Lipinski definition) is 1. The first-order chi connectivity index (χ1) is 7.16. The van der Waals surface area contributed by atoms with Crippen LogP contribution in [0.4, 0.5) is 0 Å². The normalized spacial score (nSPS) is 27.6. The summed E-state index contributed by atoms with van der Waals surface area (Å²) in [6.45, 7) is 4.44. The molecule has 84 valence electrons. The van der Waals surface area contributed by atoms with Crippen molar-refractivity contribution in [2.24, 2.45) is 5.92 Å². The van der Waals surface area contributed by atoms with Crippen molar-refractivity contribution in [3.8, 4) is 0 Å². The first-order valence-electron chi connectivity index (χ1n) is 5.94. The average Bonchev–Trinajstić information content (AvgIpc) is 2.39. The number of aromatic nitrogens is 2. The highest BCUT2D eigenvalue weighted by atomic mass is 32.1. The molecule has 1 aliphatic rings. The van der Waals surface area contributed by atoms with Crippen LogP contribution in [0.25, 0.3) is 0 Å². The Kier molecular flexibility index (Phi) is 3.29. The SMILES string of the molecule is Cc1cn(C2CCCC(C)CC2)c(=S)[nH]1. The molecule has 1 aromatic heterocycles. The molecule has 1 aromatic rings. The fourth-order valence-corrected chi connectivity index (χ4v) is 2.91. The lowest BCUT2D eigenvalue weighted by Crippen LogP contribution is -2.07. The van der Waals surface area contributed by atoms with Crippen LogP contribution in [-0.4, -0.2) is 9.55 Å². The third-order valence-corrected chi connectivity index (χ3v) is 3.80. The van der Waals surface area contributed by atoms with Crippen LogP contribution in [0.1, 0.15) is 50.8 Å². The van der Waals surface area contributed by atoms with Crippen LogP contribution >= 0.6 is 12.2 Å². The Morgan fingerprint density at radius 3 is 2.80 bits per heavy atom. The summed E-state index contributed by atoms with van der Waals surface area (Å²) in [4.78, 5) is 3.21. The minimum Gasteiger partial charge on any atom is -0.335 e. The number of H-pyrrole nitrogens is 1. The van der Waals surface area contributed by atoms with Gasteiger partial charge in [0.15, 0.2) is 4.77 Å². The van der Waals surface area contributed by atoms with E-state index in [4.69, 9.17) is 12.2 Å². The Hall–Kier alpha value is -0.570. The highest BCUT2D eigenvalue weighted by Gasteiger charge is 2.18. The number of hydrogen-bond acceptors (Lipinski definition) is 1. The third-order valence-electron chi connectivity index (χ3n) is 3.49. The van der Waals surface area contributed by atoms with Gasteiger partial charge < -0.3 is 9.55 Å². The molecule has 0 radical (unpaired) electrons. The molecule has 1 heterocycles. The van der Waals surface area contributed by atoms with E-state index in [1.165, 1.54) is 37.8 Å². The van der Waals surface area contributed by atoms with Crippen molar-refractivity contribution < 1.29 is 0 Å². The quantitative estimate of drug-likeness (QED) is 0.565. The monoisotopic (exact) mass is 224 g/mol. The average molecular weight is 224 g/mol. The lowest BCUT2D eigenvalue weighted by molar-refractivity contribution is 0.429. The second kappa shape index (κ2) is 4.52. The van der Waals surface area contributed by atoms with Gasteiger partial charge in [0.2, 0.25) is 0 Å². The third kappa shape index (κ3) is 2.51. The second-order valence-corrected chi connectivity index (χ2v) is 5.30. The molecule has 2 unspecified atom stereocenters. The number of aryl methyl sites for hydroxylation is 1. The van der Waals surface area contributed by atoms with Gasteiger partial charge in [-0.1, -0.05) is 19.8 Å². The summed E-state index contributed by atoms with van der Waals surface area (Å²) >= 11 is 5.33. The highest BCUT2D eigenvalue weighted by Crippen LogP contribution is 2.30. The van der Waals surface area contributed by atoms with Crippen molar-refractivity contribution in [1.29, 1.82) is 0 Å². The number of nitrogens with one attached hydrogen (secondary N) is 1. The zero-order chi connectivity index (χ0) is 10.8. The topological polar surface area (TPSA) is 20.7 Å². The zero-order valence-corrected chi connectivity index (χ0v) is 10.4. The second-order valence-electron chi connectivity index (χ2n) is 4.92. The predicted molar refractivity (Wildman–Crippen MR) is 65.6 cm³/mol. The maximum Gasteiger partial charge on any atom is 0.177 e. The summed E-state index contributed by atoms with van der Waals surface area (Å²) in [6.07, 6.45) is 8.81. The van der Waals surface area contributed by atoms with Crippen LogP contribution < -0.4 is 0 Å². The van der Waals surface area contributed by atoms with E-state index < -0.39 is 0 Å². The maximum absolute atomic E-state index is 5.33. The number of aromatic amines is 1. The molecular weight excluding hydrogens is 204 g/mol. The Morgan fingerprint density at radius 2 is 2.13 bits per heavy atom. The van der Waals surface area contributed by atoms with Gasteiger partial charge in [0.25, 0.3) is 0 Å². The molecule has 0 saturated heterocycles. The fourth-order valence-electron chi connectivity index (χ4n) is 2.55. The van der Waals surface area contributed by atoms with Gasteiger partial charge in [-0.05, 0) is 44.3 Å². The lowest BCUT2D eigenvalue weighted by atomic mass is 10.0. The van der Waals surface area contributed by atoms with E-state index in [2.05, 4.69) is 29.6 Å². The van der Waals surface area contributed by atoms with Gasteiger partial charge in [-0.25, -0.2) is 0 Å². The standard InChI is InChI=1S/C12H20N2S/c1-9-4-3-5-11(7-6-9)14-8-10(2)13-12(14)15/h8-9,11H,3-7H2,1-2H3,(H,13,15). The van der Waals surface area contributed by atoms with Gasteiger partial charge in [-0.3, -0.25) is 0 Å². The van der Waals surface area contributed by atoms with Gasteiger partial charge in [-0.15, -0.1) is 0 Å². The van der Waals surface area contributed by atoms with E-state index in [-0.39, 0.29) is 0 Å². The molecule has 1 aliphatic carbocycles. The molecule has 1 saturated carbocycles. The molecule has 0 amide bonds. The smallest absolute Gasteiger partial charge is 0.177 e. The molecule has 2 rings (SSSR count). The summed E-state index contributed by atoms with van der Waals surface area (Å²) < 4.78 is 3.16. The molecular formula is C12H20N2S. The summed E-state index contributed by atoms with van der Waals surface area (Å²) in [6, 6.07) is 0.632. The van der Waals surface area contributed by atoms with Crippen LogP contribution in [0.2, 0.25) is 0 Å². The van der Waals surface area contributed by atoms with E-state index in [1.54, 1.807) is 0 Å². The fraction of sp³-hybridized carbons (Fsp3) is 0.750. The Balaban J connectivity index is 2.16. The van der Waals surface area contributed by atoms with Gasteiger partial charge in [0, 0.05) is 17.9 Å². The molecule has 2 atom stereocenters.